The van der Waals surface area contributed by atoms with E-state index >= 15 is 0 Å². The van der Waals surface area contributed by atoms with Crippen LogP contribution < -0.4 is 5.32 Å². The molecule has 1 unspecified atom stereocenters. The fourth-order valence-electron chi connectivity index (χ4n) is 2.83. The molecule has 19 heavy (non-hydrogen) atoms. The van der Waals surface area contributed by atoms with Crippen LogP contribution in [0, 0.1) is 5.92 Å². The first-order valence-corrected chi connectivity index (χ1v) is 7.72. The summed E-state index contributed by atoms with van der Waals surface area (Å²) in [6, 6.07) is 8.26. The van der Waals surface area contributed by atoms with Crippen LogP contribution in [0.15, 0.2) is 24.3 Å². The van der Waals surface area contributed by atoms with Crippen LogP contribution in [-0.2, 0) is 4.74 Å². The molecule has 1 aliphatic rings. The van der Waals surface area contributed by atoms with Gasteiger partial charge in [0.1, 0.15) is 0 Å². The molecule has 0 bridgehead atoms. The zero-order valence-electron chi connectivity index (χ0n) is 11.7. The molecule has 0 saturated carbocycles. The lowest BCUT2D eigenvalue weighted by Crippen LogP contribution is -2.25. The van der Waals surface area contributed by atoms with Crippen LogP contribution in [0.2, 0.25) is 5.02 Å². The molecule has 1 fully saturated rings. The maximum Gasteiger partial charge on any atom is 0.0468 e. The number of benzene rings is 1. The SMILES string of the molecule is CCNCC(CC1CCOCC1)c1ccccc1Cl. The lowest BCUT2D eigenvalue weighted by Gasteiger charge is -2.27. The molecule has 1 aromatic rings. The Hall–Kier alpha value is -0.570. The standard InChI is InChI=1S/C16H24ClNO/c1-2-18-12-14(11-13-7-9-19-10-8-13)15-5-3-4-6-16(15)17/h3-6,13-14,18H,2,7-12H2,1H3. The maximum absolute atomic E-state index is 6.36. The normalized spacial score (nSPS) is 18.4. The van der Waals surface area contributed by atoms with Gasteiger partial charge in [0.15, 0.2) is 0 Å². The molecule has 1 heterocycles. The Morgan fingerprint density at radius 2 is 2.05 bits per heavy atom. The Labute approximate surface area is 121 Å². The largest absolute Gasteiger partial charge is 0.381 e. The van der Waals surface area contributed by atoms with Crippen molar-refractivity contribution in [3.8, 4) is 0 Å². The highest BCUT2D eigenvalue weighted by Crippen LogP contribution is 2.32. The van der Waals surface area contributed by atoms with Gasteiger partial charge in [0, 0.05) is 24.8 Å². The zero-order chi connectivity index (χ0) is 13.5. The fraction of sp³-hybridized carbons (Fsp3) is 0.625. The summed E-state index contributed by atoms with van der Waals surface area (Å²) in [5.41, 5.74) is 1.29. The first-order valence-electron chi connectivity index (χ1n) is 7.34. The third kappa shape index (κ3) is 4.48. The number of likely N-dealkylation sites (N-methyl/N-ethyl adjacent to an activating group) is 1. The highest BCUT2D eigenvalue weighted by atomic mass is 35.5. The predicted octanol–water partition coefficient (Wildman–Crippen LogP) is 3.85. The molecule has 0 aliphatic carbocycles. The van der Waals surface area contributed by atoms with E-state index in [2.05, 4.69) is 24.4 Å². The quantitative estimate of drug-likeness (QED) is 0.855. The molecule has 0 radical (unpaired) electrons. The molecule has 106 valence electrons. The Morgan fingerprint density at radius 3 is 2.74 bits per heavy atom. The first kappa shape index (κ1) is 14.8. The molecule has 1 aliphatic heterocycles. The molecule has 3 heteroatoms. The molecular weight excluding hydrogens is 258 g/mol. The lowest BCUT2D eigenvalue weighted by molar-refractivity contribution is 0.0616. The Balaban J connectivity index is 2.04. The molecule has 0 spiro atoms. The summed E-state index contributed by atoms with van der Waals surface area (Å²) in [7, 11) is 0. The summed E-state index contributed by atoms with van der Waals surface area (Å²) < 4.78 is 5.45. The minimum Gasteiger partial charge on any atom is -0.381 e. The average Bonchev–Trinajstić information content (AvgIpc) is 2.45. The first-order chi connectivity index (χ1) is 9.31. The van der Waals surface area contributed by atoms with Gasteiger partial charge in [0.05, 0.1) is 0 Å². The van der Waals surface area contributed by atoms with Gasteiger partial charge in [-0.25, -0.2) is 0 Å². The van der Waals surface area contributed by atoms with Gasteiger partial charge in [-0.1, -0.05) is 36.7 Å². The molecule has 2 rings (SSSR count). The summed E-state index contributed by atoms with van der Waals surface area (Å²) in [5, 5.41) is 4.37. The van der Waals surface area contributed by atoms with Gasteiger partial charge in [0.25, 0.3) is 0 Å². The van der Waals surface area contributed by atoms with E-state index in [1.54, 1.807) is 0 Å². The molecule has 0 amide bonds. The van der Waals surface area contributed by atoms with Gasteiger partial charge < -0.3 is 10.1 Å². The van der Waals surface area contributed by atoms with Crippen molar-refractivity contribution in [2.75, 3.05) is 26.3 Å². The second kappa shape index (κ2) is 7.88. The summed E-state index contributed by atoms with van der Waals surface area (Å²) in [6.07, 6.45) is 3.58. The van der Waals surface area contributed by atoms with Gasteiger partial charge in [-0.05, 0) is 49.3 Å². The van der Waals surface area contributed by atoms with Crippen molar-refractivity contribution in [2.24, 2.45) is 5.92 Å². The number of hydrogen-bond acceptors (Lipinski definition) is 2. The van der Waals surface area contributed by atoms with Gasteiger partial charge >= 0.3 is 0 Å². The Kier molecular flexibility index (Phi) is 6.15. The molecule has 2 nitrogen and oxygen atoms in total. The second-order valence-corrected chi connectivity index (χ2v) is 5.72. The van der Waals surface area contributed by atoms with Crippen molar-refractivity contribution in [1.82, 2.24) is 5.32 Å². The molecule has 1 N–H and O–H groups in total. The number of hydrogen-bond donors (Lipinski definition) is 1. The highest BCUT2D eigenvalue weighted by Gasteiger charge is 2.21. The molecular formula is C16H24ClNO. The number of nitrogens with one attached hydrogen (secondary N) is 1. The molecule has 1 saturated heterocycles. The van der Waals surface area contributed by atoms with E-state index in [1.807, 2.05) is 12.1 Å². The van der Waals surface area contributed by atoms with Crippen LogP contribution in [0.3, 0.4) is 0 Å². The van der Waals surface area contributed by atoms with E-state index in [4.69, 9.17) is 16.3 Å². The summed E-state index contributed by atoms with van der Waals surface area (Å²) in [4.78, 5) is 0. The van der Waals surface area contributed by atoms with Gasteiger partial charge in [-0.2, -0.15) is 0 Å². The monoisotopic (exact) mass is 281 g/mol. The third-order valence-corrected chi connectivity index (χ3v) is 4.29. The van der Waals surface area contributed by atoms with Crippen molar-refractivity contribution in [3.63, 3.8) is 0 Å². The van der Waals surface area contributed by atoms with E-state index in [0.29, 0.717) is 5.92 Å². The minimum atomic E-state index is 0.511. The van der Waals surface area contributed by atoms with E-state index in [9.17, 15) is 0 Å². The number of halogens is 1. The van der Waals surface area contributed by atoms with Gasteiger partial charge in [0.2, 0.25) is 0 Å². The van der Waals surface area contributed by atoms with Crippen molar-refractivity contribution < 1.29 is 4.74 Å². The van der Waals surface area contributed by atoms with Crippen LogP contribution in [0.4, 0.5) is 0 Å². The van der Waals surface area contributed by atoms with Gasteiger partial charge in [-0.3, -0.25) is 0 Å². The van der Waals surface area contributed by atoms with Crippen LogP contribution in [0.5, 0.6) is 0 Å². The summed E-state index contributed by atoms with van der Waals surface area (Å²) in [6.45, 7) is 6.01. The third-order valence-electron chi connectivity index (χ3n) is 3.94. The Morgan fingerprint density at radius 1 is 1.32 bits per heavy atom. The van der Waals surface area contributed by atoms with E-state index in [-0.39, 0.29) is 0 Å². The fourth-order valence-corrected chi connectivity index (χ4v) is 3.12. The van der Waals surface area contributed by atoms with E-state index in [0.717, 1.165) is 37.2 Å². The molecule has 1 aromatic carbocycles. The minimum absolute atomic E-state index is 0.511. The number of ether oxygens (including phenoxy) is 1. The van der Waals surface area contributed by atoms with Gasteiger partial charge in [-0.15, -0.1) is 0 Å². The zero-order valence-corrected chi connectivity index (χ0v) is 12.5. The van der Waals surface area contributed by atoms with Crippen molar-refractivity contribution in [2.45, 2.75) is 32.1 Å². The predicted molar refractivity (Wildman–Crippen MR) is 80.9 cm³/mol. The van der Waals surface area contributed by atoms with Crippen LogP contribution in [-0.4, -0.2) is 26.3 Å². The average molecular weight is 282 g/mol. The van der Waals surface area contributed by atoms with Crippen LogP contribution in [0.25, 0.3) is 0 Å². The van der Waals surface area contributed by atoms with Crippen molar-refractivity contribution in [3.05, 3.63) is 34.9 Å². The van der Waals surface area contributed by atoms with E-state index in [1.165, 1.54) is 24.8 Å². The molecule has 1 atom stereocenters. The summed E-state index contributed by atoms with van der Waals surface area (Å²) >= 11 is 6.36. The van der Waals surface area contributed by atoms with E-state index < -0.39 is 0 Å². The summed E-state index contributed by atoms with van der Waals surface area (Å²) in [5.74, 6) is 1.28. The molecule has 0 aromatic heterocycles. The topological polar surface area (TPSA) is 21.3 Å². The van der Waals surface area contributed by atoms with Crippen molar-refractivity contribution in [1.29, 1.82) is 0 Å². The lowest BCUT2D eigenvalue weighted by atomic mass is 9.85. The number of rotatable bonds is 6. The second-order valence-electron chi connectivity index (χ2n) is 5.32. The van der Waals surface area contributed by atoms with Crippen molar-refractivity contribution >= 4 is 11.6 Å². The van der Waals surface area contributed by atoms with Crippen LogP contribution >= 0.6 is 11.6 Å². The smallest absolute Gasteiger partial charge is 0.0468 e. The Bertz CT molecular complexity index is 377. The highest BCUT2D eigenvalue weighted by molar-refractivity contribution is 6.31. The maximum atomic E-state index is 6.36. The van der Waals surface area contributed by atoms with Crippen LogP contribution in [0.1, 0.15) is 37.7 Å².